The van der Waals surface area contributed by atoms with Crippen LogP contribution in [0, 0.1) is 11.3 Å². The number of halogens is 1. The predicted octanol–water partition coefficient (Wildman–Crippen LogP) is 3.54. The quantitative estimate of drug-likeness (QED) is 0.652. The van der Waals surface area contributed by atoms with Crippen LogP contribution in [0.5, 0.6) is 0 Å². The summed E-state index contributed by atoms with van der Waals surface area (Å²) in [7, 11) is -3.11. The van der Waals surface area contributed by atoms with Crippen LogP contribution in [0.3, 0.4) is 0 Å². The highest BCUT2D eigenvalue weighted by Crippen LogP contribution is 2.19. The van der Waals surface area contributed by atoms with Gasteiger partial charge in [-0.15, -0.1) is 0 Å². The number of sulfonamides is 1. The topological polar surface area (TPSA) is 46.2 Å². The molecule has 5 heteroatoms. The fourth-order valence-electron chi connectivity index (χ4n) is 1.67. The molecule has 1 atom stereocenters. The van der Waals surface area contributed by atoms with Gasteiger partial charge >= 0.3 is 0 Å². The number of alkyl halides is 1. The minimum absolute atomic E-state index is 0.0629. The first kappa shape index (κ1) is 18.4. The molecule has 0 radical (unpaired) electrons. The highest BCUT2D eigenvalue weighted by molar-refractivity contribution is 9.09. The van der Waals surface area contributed by atoms with Crippen molar-refractivity contribution in [2.24, 2.45) is 11.3 Å². The zero-order chi connectivity index (χ0) is 14.2. The highest BCUT2D eigenvalue weighted by atomic mass is 79.9. The molecule has 0 rings (SSSR count). The minimum atomic E-state index is -3.11. The van der Waals surface area contributed by atoms with Crippen molar-refractivity contribution in [1.82, 2.24) is 4.72 Å². The molecule has 1 N–H and O–H groups in total. The summed E-state index contributed by atoms with van der Waals surface area (Å²) in [4.78, 5) is 0. The van der Waals surface area contributed by atoms with E-state index in [1.54, 1.807) is 0 Å². The number of rotatable bonds is 9. The average molecular weight is 342 g/mol. The maximum atomic E-state index is 11.9. The van der Waals surface area contributed by atoms with Crippen LogP contribution in [-0.4, -0.2) is 26.0 Å². The van der Waals surface area contributed by atoms with E-state index in [9.17, 15) is 8.42 Å². The Bertz CT molecular complexity index is 303. The van der Waals surface area contributed by atoms with Crippen molar-refractivity contribution in [2.45, 2.75) is 53.4 Å². The molecule has 0 saturated carbocycles. The Morgan fingerprint density at radius 3 is 2.28 bits per heavy atom. The summed E-state index contributed by atoms with van der Waals surface area (Å²) in [5, 5.41) is 0.932. The van der Waals surface area contributed by atoms with Gasteiger partial charge in [-0.05, 0) is 30.6 Å². The van der Waals surface area contributed by atoms with Gasteiger partial charge in [-0.25, -0.2) is 13.1 Å². The maximum absolute atomic E-state index is 11.9. The Hall–Kier alpha value is 0.390. The van der Waals surface area contributed by atoms with Crippen molar-refractivity contribution < 1.29 is 8.42 Å². The largest absolute Gasteiger partial charge is 0.215 e. The highest BCUT2D eigenvalue weighted by Gasteiger charge is 2.18. The molecule has 0 aromatic rings. The van der Waals surface area contributed by atoms with Gasteiger partial charge < -0.3 is 0 Å². The zero-order valence-corrected chi connectivity index (χ0v) is 14.5. The van der Waals surface area contributed by atoms with E-state index in [1.807, 2.05) is 0 Å². The predicted molar refractivity (Wildman–Crippen MR) is 82.7 cm³/mol. The minimum Gasteiger partial charge on any atom is -0.215 e. The summed E-state index contributed by atoms with van der Waals surface area (Å²) in [6.45, 7) is 8.90. The number of nitrogens with one attached hydrogen (secondary N) is 1. The van der Waals surface area contributed by atoms with Gasteiger partial charge in [0.1, 0.15) is 0 Å². The van der Waals surface area contributed by atoms with E-state index in [-0.39, 0.29) is 11.2 Å². The van der Waals surface area contributed by atoms with Crippen LogP contribution < -0.4 is 4.72 Å². The first-order chi connectivity index (χ1) is 8.20. The van der Waals surface area contributed by atoms with E-state index in [4.69, 9.17) is 0 Å². The van der Waals surface area contributed by atoms with Gasteiger partial charge in [-0.3, -0.25) is 0 Å². The van der Waals surface area contributed by atoms with Crippen molar-refractivity contribution in [1.29, 1.82) is 0 Å². The molecule has 0 amide bonds. The molecule has 0 aromatic carbocycles. The van der Waals surface area contributed by atoms with Gasteiger partial charge in [0.2, 0.25) is 10.0 Å². The average Bonchev–Trinajstić information content (AvgIpc) is 2.23. The number of hydrogen-bond acceptors (Lipinski definition) is 2. The molecule has 0 aliphatic heterocycles. The van der Waals surface area contributed by atoms with E-state index < -0.39 is 10.0 Å². The van der Waals surface area contributed by atoms with Gasteiger partial charge in [0.15, 0.2) is 0 Å². The summed E-state index contributed by atoms with van der Waals surface area (Å²) in [6, 6.07) is 0. The van der Waals surface area contributed by atoms with Crippen LogP contribution in [0.2, 0.25) is 0 Å². The molecule has 110 valence electrons. The van der Waals surface area contributed by atoms with Crippen LogP contribution in [0.25, 0.3) is 0 Å². The molecule has 0 aromatic heterocycles. The summed E-state index contributed by atoms with van der Waals surface area (Å²) in [5.41, 5.74) is 0.0629. The van der Waals surface area contributed by atoms with Crippen LogP contribution >= 0.6 is 15.9 Å². The molecular weight excluding hydrogens is 314 g/mol. The van der Waals surface area contributed by atoms with E-state index in [2.05, 4.69) is 48.3 Å². The van der Waals surface area contributed by atoms with E-state index in [0.29, 0.717) is 18.9 Å². The van der Waals surface area contributed by atoms with Crippen molar-refractivity contribution in [2.75, 3.05) is 17.6 Å². The maximum Gasteiger partial charge on any atom is 0.211 e. The third-order valence-corrected chi connectivity index (χ3v) is 4.73. The lowest BCUT2D eigenvalue weighted by atomic mass is 9.94. The van der Waals surface area contributed by atoms with Crippen molar-refractivity contribution in [3.05, 3.63) is 0 Å². The van der Waals surface area contributed by atoms with Gasteiger partial charge in [-0.1, -0.05) is 50.0 Å². The second kappa shape index (κ2) is 8.54. The molecule has 3 nitrogen and oxygen atoms in total. The second-order valence-corrected chi connectivity index (χ2v) is 8.83. The molecule has 0 aliphatic carbocycles. The standard InChI is InChI=1S/C13H28BrNO2S/c1-5-6-12(7-9-14)11-15-18(16,17)10-8-13(2,3)4/h12,15H,5-11H2,1-4H3. The summed E-state index contributed by atoms with van der Waals surface area (Å²) >= 11 is 3.42. The lowest BCUT2D eigenvalue weighted by Crippen LogP contribution is -2.32. The smallest absolute Gasteiger partial charge is 0.211 e. The van der Waals surface area contributed by atoms with Gasteiger partial charge in [0, 0.05) is 11.9 Å². The molecule has 0 spiro atoms. The van der Waals surface area contributed by atoms with E-state index in [1.165, 1.54) is 0 Å². The molecule has 18 heavy (non-hydrogen) atoms. The summed E-state index contributed by atoms with van der Waals surface area (Å²) < 4.78 is 26.5. The lowest BCUT2D eigenvalue weighted by Gasteiger charge is -2.19. The fraction of sp³-hybridized carbons (Fsp3) is 1.00. The Balaban J connectivity index is 4.15. The summed E-state index contributed by atoms with van der Waals surface area (Å²) in [5.74, 6) is 0.669. The third kappa shape index (κ3) is 10.3. The van der Waals surface area contributed by atoms with Crippen LogP contribution in [0.15, 0.2) is 0 Å². The Morgan fingerprint density at radius 1 is 1.22 bits per heavy atom. The van der Waals surface area contributed by atoms with Crippen LogP contribution in [-0.2, 0) is 10.0 Å². The Kier molecular flexibility index (Phi) is 8.72. The lowest BCUT2D eigenvalue weighted by molar-refractivity contribution is 0.395. The van der Waals surface area contributed by atoms with Crippen molar-refractivity contribution in [3.63, 3.8) is 0 Å². The van der Waals surface area contributed by atoms with Gasteiger partial charge in [-0.2, -0.15) is 0 Å². The molecule has 0 bridgehead atoms. The molecule has 0 saturated heterocycles. The molecule has 1 unspecified atom stereocenters. The van der Waals surface area contributed by atoms with Crippen molar-refractivity contribution in [3.8, 4) is 0 Å². The normalized spacial score (nSPS) is 14.7. The Morgan fingerprint density at radius 2 is 1.83 bits per heavy atom. The fourth-order valence-corrected chi connectivity index (χ4v) is 3.83. The first-order valence-corrected chi connectivity index (χ1v) is 9.51. The molecular formula is C13H28BrNO2S. The monoisotopic (exact) mass is 341 g/mol. The molecule has 0 fully saturated rings. The van der Waals surface area contributed by atoms with Crippen LogP contribution in [0.4, 0.5) is 0 Å². The first-order valence-electron chi connectivity index (χ1n) is 6.73. The second-order valence-electron chi connectivity index (χ2n) is 6.11. The molecule has 0 aliphatic rings. The van der Waals surface area contributed by atoms with Crippen molar-refractivity contribution >= 4 is 26.0 Å². The molecule has 0 heterocycles. The Labute approximate surface area is 121 Å². The van der Waals surface area contributed by atoms with E-state index in [0.717, 1.165) is 24.6 Å². The van der Waals surface area contributed by atoms with Crippen LogP contribution in [0.1, 0.15) is 53.4 Å². The SMILES string of the molecule is CCCC(CCBr)CNS(=O)(=O)CCC(C)(C)C. The van der Waals surface area contributed by atoms with Gasteiger partial charge in [0.25, 0.3) is 0 Å². The third-order valence-electron chi connectivity index (χ3n) is 2.93. The van der Waals surface area contributed by atoms with Gasteiger partial charge in [0.05, 0.1) is 5.75 Å². The number of hydrogen-bond donors (Lipinski definition) is 1. The summed E-state index contributed by atoms with van der Waals surface area (Å²) in [6.07, 6.45) is 3.89. The van der Waals surface area contributed by atoms with E-state index >= 15 is 0 Å². The zero-order valence-electron chi connectivity index (χ0n) is 12.1.